The van der Waals surface area contributed by atoms with E-state index in [1.165, 1.54) is 5.56 Å². The molecule has 1 aromatic carbocycles. The lowest BCUT2D eigenvalue weighted by atomic mass is 10.0. The third kappa shape index (κ3) is 4.28. The molecular formula is C21H30N4O. The van der Waals surface area contributed by atoms with Crippen LogP contribution < -0.4 is 10.2 Å². The number of aromatic hydroxyl groups is 1. The minimum Gasteiger partial charge on any atom is -0.507 e. The van der Waals surface area contributed by atoms with Crippen molar-refractivity contribution in [3.63, 3.8) is 0 Å². The van der Waals surface area contributed by atoms with Gasteiger partial charge in [0.25, 0.3) is 0 Å². The molecule has 2 aromatic rings. The van der Waals surface area contributed by atoms with Gasteiger partial charge in [-0.05, 0) is 56.0 Å². The van der Waals surface area contributed by atoms with E-state index in [-0.39, 0.29) is 0 Å². The van der Waals surface area contributed by atoms with Crippen molar-refractivity contribution in [3.05, 3.63) is 47.2 Å². The fourth-order valence-electron chi connectivity index (χ4n) is 3.64. The second kappa shape index (κ2) is 8.41. The van der Waals surface area contributed by atoms with Gasteiger partial charge < -0.3 is 15.3 Å². The predicted molar refractivity (Wildman–Crippen MR) is 108 cm³/mol. The second-order valence-corrected chi connectivity index (χ2v) is 7.06. The molecule has 3 rings (SSSR count). The molecule has 0 saturated carbocycles. The fourth-order valence-corrected chi connectivity index (χ4v) is 3.64. The molecule has 2 heterocycles. The van der Waals surface area contributed by atoms with Gasteiger partial charge in [-0.1, -0.05) is 12.1 Å². The van der Waals surface area contributed by atoms with Crippen molar-refractivity contribution in [3.8, 4) is 5.75 Å². The number of aryl methyl sites for hydroxylation is 2. The first-order chi connectivity index (χ1) is 12.6. The standard InChI is InChI=1S/C21H30N4O/c1-4-22-19-6-5-8-23-21(19)25-12-10-24(11-13-25)9-7-18-14-16(2)20(26)17(3)15-18/h5-6,8,14-15,22,26H,4,7,9-13H2,1-3H3. The summed E-state index contributed by atoms with van der Waals surface area (Å²) in [6.45, 7) is 12.1. The lowest BCUT2D eigenvalue weighted by Gasteiger charge is -2.36. The van der Waals surface area contributed by atoms with E-state index in [2.05, 4.69) is 45.2 Å². The van der Waals surface area contributed by atoms with Gasteiger partial charge in [-0.15, -0.1) is 0 Å². The summed E-state index contributed by atoms with van der Waals surface area (Å²) in [6, 6.07) is 8.30. The number of pyridine rings is 1. The molecule has 1 aliphatic heterocycles. The van der Waals surface area contributed by atoms with Crippen molar-refractivity contribution in [1.82, 2.24) is 9.88 Å². The van der Waals surface area contributed by atoms with E-state index in [9.17, 15) is 5.11 Å². The Morgan fingerprint density at radius 1 is 1.12 bits per heavy atom. The van der Waals surface area contributed by atoms with Crippen molar-refractivity contribution >= 4 is 11.5 Å². The van der Waals surface area contributed by atoms with E-state index >= 15 is 0 Å². The van der Waals surface area contributed by atoms with Crippen molar-refractivity contribution in [1.29, 1.82) is 0 Å². The molecule has 5 heteroatoms. The summed E-state index contributed by atoms with van der Waals surface area (Å²) < 4.78 is 0. The van der Waals surface area contributed by atoms with Crippen LogP contribution >= 0.6 is 0 Å². The zero-order valence-corrected chi connectivity index (χ0v) is 16.1. The Morgan fingerprint density at radius 2 is 1.81 bits per heavy atom. The van der Waals surface area contributed by atoms with Gasteiger partial charge >= 0.3 is 0 Å². The molecular weight excluding hydrogens is 324 g/mol. The number of rotatable bonds is 6. The maximum absolute atomic E-state index is 9.92. The topological polar surface area (TPSA) is 51.6 Å². The average molecular weight is 354 g/mol. The quantitative estimate of drug-likeness (QED) is 0.834. The third-order valence-corrected chi connectivity index (χ3v) is 5.09. The molecule has 26 heavy (non-hydrogen) atoms. The number of nitrogens with zero attached hydrogens (tertiary/aromatic N) is 3. The molecule has 0 unspecified atom stereocenters. The molecule has 1 aliphatic rings. The first kappa shape index (κ1) is 18.5. The highest BCUT2D eigenvalue weighted by Gasteiger charge is 2.20. The van der Waals surface area contributed by atoms with Crippen LogP contribution in [-0.4, -0.2) is 54.3 Å². The first-order valence-electron chi connectivity index (χ1n) is 9.53. The number of phenolic OH excluding ortho intramolecular Hbond substituents is 1. The van der Waals surface area contributed by atoms with Gasteiger partial charge in [0.15, 0.2) is 5.82 Å². The van der Waals surface area contributed by atoms with Crippen LogP contribution in [0.15, 0.2) is 30.5 Å². The monoisotopic (exact) mass is 354 g/mol. The van der Waals surface area contributed by atoms with E-state index < -0.39 is 0 Å². The lowest BCUT2D eigenvalue weighted by Crippen LogP contribution is -2.47. The van der Waals surface area contributed by atoms with Crippen molar-refractivity contribution in [2.24, 2.45) is 0 Å². The van der Waals surface area contributed by atoms with Crippen molar-refractivity contribution in [2.45, 2.75) is 27.2 Å². The minimum atomic E-state index is 0.425. The lowest BCUT2D eigenvalue weighted by molar-refractivity contribution is 0.260. The number of aromatic nitrogens is 1. The summed E-state index contributed by atoms with van der Waals surface area (Å²) in [5, 5.41) is 13.3. The first-order valence-corrected chi connectivity index (χ1v) is 9.53. The smallest absolute Gasteiger partial charge is 0.152 e. The minimum absolute atomic E-state index is 0.425. The number of piperazine rings is 1. The number of hydrogen-bond donors (Lipinski definition) is 2. The van der Waals surface area contributed by atoms with Crippen molar-refractivity contribution < 1.29 is 5.11 Å². The summed E-state index contributed by atoms with van der Waals surface area (Å²) in [5.74, 6) is 1.49. The largest absolute Gasteiger partial charge is 0.507 e. The molecule has 5 nitrogen and oxygen atoms in total. The fraction of sp³-hybridized carbons (Fsp3) is 0.476. The van der Waals surface area contributed by atoms with Crippen LogP contribution in [0.4, 0.5) is 11.5 Å². The highest BCUT2D eigenvalue weighted by atomic mass is 16.3. The number of hydrogen-bond acceptors (Lipinski definition) is 5. The molecule has 0 amide bonds. The summed E-state index contributed by atoms with van der Waals surface area (Å²) in [5.41, 5.74) is 4.37. The second-order valence-electron chi connectivity index (χ2n) is 7.06. The zero-order valence-electron chi connectivity index (χ0n) is 16.1. The highest BCUT2D eigenvalue weighted by molar-refractivity contribution is 5.65. The van der Waals surface area contributed by atoms with Gasteiger partial charge in [0.2, 0.25) is 0 Å². The molecule has 0 aliphatic carbocycles. The van der Waals surface area contributed by atoms with Gasteiger partial charge in [0, 0.05) is 45.5 Å². The summed E-state index contributed by atoms with van der Waals surface area (Å²) in [4.78, 5) is 9.48. The summed E-state index contributed by atoms with van der Waals surface area (Å²) in [6.07, 6.45) is 2.90. The van der Waals surface area contributed by atoms with Gasteiger partial charge in [0.05, 0.1) is 5.69 Å². The van der Waals surface area contributed by atoms with Crippen LogP contribution in [0.2, 0.25) is 0 Å². The van der Waals surface area contributed by atoms with E-state index in [1.54, 1.807) is 0 Å². The number of nitrogens with one attached hydrogen (secondary N) is 1. The zero-order chi connectivity index (χ0) is 18.5. The van der Waals surface area contributed by atoms with E-state index in [4.69, 9.17) is 0 Å². The van der Waals surface area contributed by atoms with Gasteiger partial charge in [0.1, 0.15) is 5.75 Å². The number of anilines is 2. The molecule has 2 N–H and O–H groups in total. The number of phenols is 1. The Balaban J connectivity index is 1.54. The SMILES string of the molecule is CCNc1cccnc1N1CCN(CCc2cc(C)c(O)c(C)c2)CC1. The maximum atomic E-state index is 9.92. The molecule has 1 aromatic heterocycles. The van der Waals surface area contributed by atoms with Gasteiger partial charge in [-0.3, -0.25) is 4.90 Å². The Hall–Kier alpha value is -2.27. The maximum Gasteiger partial charge on any atom is 0.152 e. The average Bonchev–Trinajstić information content (AvgIpc) is 2.65. The van der Waals surface area contributed by atoms with Crippen LogP contribution in [0.1, 0.15) is 23.6 Å². The Kier molecular flexibility index (Phi) is 5.99. The molecule has 0 bridgehead atoms. The predicted octanol–water partition coefficient (Wildman–Crippen LogP) is 3.20. The highest BCUT2D eigenvalue weighted by Crippen LogP contribution is 2.25. The molecule has 1 fully saturated rings. The van der Waals surface area contributed by atoms with Gasteiger partial charge in [-0.2, -0.15) is 0 Å². The summed E-state index contributed by atoms with van der Waals surface area (Å²) in [7, 11) is 0. The van der Waals surface area contributed by atoms with Crippen molar-refractivity contribution in [2.75, 3.05) is 49.5 Å². The van der Waals surface area contributed by atoms with Crippen LogP contribution in [0.3, 0.4) is 0 Å². The number of benzene rings is 1. The molecule has 0 atom stereocenters. The summed E-state index contributed by atoms with van der Waals surface area (Å²) >= 11 is 0. The van der Waals surface area contributed by atoms with E-state index in [0.717, 1.165) is 68.3 Å². The third-order valence-electron chi connectivity index (χ3n) is 5.09. The van der Waals surface area contributed by atoms with E-state index in [0.29, 0.717) is 5.75 Å². The van der Waals surface area contributed by atoms with Crippen LogP contribution in [-0.2, 0) is 6.42 Å². The molecule has 0 radical (unpaired) electrons. The Bertz CT molecular complexity index is 716. The van der Waals surface area contributed by atoms with Crippen LogP contribution in [0.25, 0.3) is 0 Å². The molecule has 0 spiro atoms. The van der Waals surface area contributed by atoms with Crippen LogP contribution in [0.5, 0.6) is 5.75 Å². The van der Waals surface area contributed by atoms with E-state index in [1.807, 2.05) is 26.1 Å². The normalized spacial score (nSPS) is 15.3. The van der Waals surface area contributed by atoms with Gasteiger partial charge in [-0.25, -0.2) is 4.98 Å². The Morgan fingerprint density at radius 3 is 2.46 bits per heavy atom. The van der Waals surface area contributed by atoms with Crippen LogP contribution in [0, 0.1) is 13.8 Å². The molecule has 140 valence electrons. The molecule has 1 saturated heterocycles. The Labute approximate surface area is 156 Å².